The van der Waals surface area contributed by atoms with Crippen molar-refractivity contribution in [1.82, 2.24) is 10.6 Å². The lowest BCUT2D eigenvalue weighted by atomic mass is 10.1. The Hall–Kier alpha value is -4.46. The summed E-state index contributed by atoms with van der Waals surface area (Å²) >= 11 is 0. The zero-order valence-corrected chi connectivity index (χ0v) is 18.8. The lowest BCUT2D eigenvalue weighted by Crippen LogP contribution is -2.27. The fraction of sp³-hybridized carbons (Fsp3) is 0.154. The second-order valence-electron chi connectivity index (χ2n) is 7.47. The summed E-state index contributed by atoms with van der Waals surface area (Å²) in [4.78, 5) is 46.7. The van der Waals surface area contributed by atoms with Crippen LogP contribution < -0.4 is 20.1 Å². The molecule has 0 aliphatic rings. The molecule has 8 nitrogen and oxygen atoms in total. The Kier molecular flexibility index (Phi) is 8.12. The molecule has 2 amide bonds. The number of nitrogens with one attached hydrogen (secondary N) is 2. The monoisotopic (exact) mass is 460 g/mol. The predicted octanol–water partition coefficient (Wildman–Crippen LogP) is 4.67. The van der Waals surface area contributed by atoms with Gasteiger partial charge >= 0.3 is 12.2 Å². The van der Waals surface area contributed by atoms with Crippen LogP contribution in [0.25, 0.3) is 0 Å². The molecule has 8 heteroatoms. The Morgan fingerprint density at radius 2 is 1.00 bits per heavy atom. The molecule has 0 saturated carbocycles. The highest BCUT2D eigenvalue weighted by molar-refractivity contribution is 5.94. The van der Waals surface area contributed by atoms with Crippen LogP contribution in [0, 0.1) is 0 Å². The number of rotatable bonds is 8. The molecule has 3 rings (SSSR count). The van der Waals surface area contributed by atoms with Gasteiger partial charge < -0.3 is 20.1 Å². The van der Waals surface area contributed by atoms with E-state index in [1.165, 1.54) is 13.8 Å². The summed E-state index contributed by atoms with van der Waals surface area (Å²) in [5, 5.41) is 5.32. The molecule has 0 bridgehead atoms. The van der Waals surface area contributed by atoms with E-state index in [1.54, 1.807) is 48.5 Å². The molecule has 174 valence electrons. The highest BCUT2D eigenvalue weighted by Gasteiger charge is 2.08. The second-order valence-corrected chi connectivity index (χ2v) is 7.47. The topological polar surface area (TPSA) is 111 Å². The van der Waals surface area contributed by atoms with Gasteiger partial charge in [-0.25, -0.2) is 9.59 Å². The van der Waals surface area contributed by atoms with Gasteiger partial charge in [0.15, 0.2) is 11.6 Å². The Labute approximate surface area is 196 Å². The Bertz CT molecular complexity index is 1100. The maximum atomic E-state index is 12.0. The number of hydrogen-bond donors (Lipinski definition) is 2. The van der Waals surface area contributed by atoms with Gasteiger partial charge in [-0.1, -0.05) is 24.3 Å². The van der Waals surface area contributed by atoms with Crippen molar-refractivity contribution in [3.05, 3.63) is 95.1 Å². The van der Waals surface area contributed by atoms with Crippen LogP contribution in [0.15, 0.2) is 72.8 Å². The van der Waals surface area contributed by atoms with Crippen molar-refractivity contribution in [2.45, 2.75) is 26.9 Å². The minimum Gasteiger partial charge on any atom is -0.410 e. The van der Waals surface area contributed by atoms with Gasteiger partial charge in [-0.2, -0.15) is 0 Å². The van der Waals surface area contributed by atoms with Crippen LogP contribution >= 0.6 is 0 Å². The molecular weight excluding hydrogens is 436 g/mol. The third kappa shape index (κ3) is 7.30. The van der Waals surface area contributed by atoms with Crippen molar-refractivity contribution < 1.29 is 28.7 Å². The number of hydrogen-bond acceptors (Lipinski definition) is 6. The van der Waals surface area contributed by atoms with Gasteiger partial charge in [-0.3, -0.25) is 9.59 Å². The summed E-state index contributed by atoms with van der Waals surface area (Å²) in [6.45, 7) is 3.38. The molecule has 0 aliphatic carbocycles. The van der Waals surface area contributed by atoms with Crippen LogP contribution in [0.1, 0.15) is 45.7 Å². The van der Waals surface area contributed by atoms with E-state index < -0.39 is 12.2 Å². The van der Waals surface area contributed by atoms with E-state index in [2.05, 4.69) is 10.6 Å². The Morgan fingerprint density at radius 3 is 1.35 bits per heavy atom. The smallest absolute Gasteiger partial charge is 0.410 e. The van der Waals surface area contributed by atoms with Crippen LogP contribution in [0.2, 0.25) is 0 Å². The number of carbonyl (C=O) groups excluding carboxylic acids is 4. The molecule has 0 heterocycles. The SMILES string of the molecule is CC(=O)c1ccc(OC(=O)NCc2cccc(CNC(=O)Oc3ccc(C(C)=O)cc3)c2)cc1. The average molecular weight is 460 g/mol. The van der Waals surface area contributed by atoms with Crippen molar-refractivity contribution in [3.8, 4) is 11.5 Å². The van der Waals surface area contributed by atoms with Gasteiger partial charge in [0.05, 0.1) is 0 Å². The molecule has 3 aromatic carbocycles. The normalized spacial score (nSPS) is 10.2. The maximum Gasteiger partial charge on any atom is 0.412 e. The number of ether oxygens (including phenoxy) is 2. The van der Waals surface area contributed by atoms with Crippen molar-refractivity contribution >= 4 is 23.8 Å². The predicted molar refractivity (Wildman–Crippen MR) is 125 cm³/mol. The molecule has 2 N–H and O–H groups in total. The molecule has 0 radical (unpaired) electrons. The summed E-state index contributed by atoms with van der Waals surface area (Å²) in [6, 6.07) is 19.9. The van der Waals surface area contributed by atoms with E-state index in [0.29, 0.717) is 22.6 Å². The van der Waals surface area contributed by atoms with Crippen LogP contribution in [0.3, 0.4) is 0 Å². The van der Waals surface area contributed by atoms with Crippen molar-refractivity contribution in [3.63, 3.8) is 0 Å². The molecule has 34 heavy (non-hydrogen) atoms. The summed E-state index contributed by atoms with van der Waals surface area (Å²) in [6.07, 6.45) is -1.25. The number of benzene rings is 3. The van der Waals surface area contributed by atoms with Gasteiger partial charge in [-0.05, 0) is 73.5 Å². The molecular formula is C26H24N2O6. The summed E-state index contributed by atoms with van der Waals surface area (Å²) in [5.74, 6) is 0.522. The standard InChI is InChI=1S/C26H24N2O6/c1-17(29)21-6-10-23(11-7-21)33-25(31)27-15-19-4-3-5-20(14-19)16-28-26(32)34-24-12-8-22(9-13-24)18(2)30/h3-14H,15-16H2,1-2H3,(H,27,31)(H,28,32). The minimum atomic E-state index is -0.626. The molecule has 0 aliphatic heterocycles. The van der Waals surface area contributed by atoms with Crippen LogP contribution in [0.4, 0.5) is 9.59 Å². The zero-order valence-electron chi connectivity index (χ0n) is 18.8. The summed E-state index contributed by atoms with van der Waals surface area (Å²) in [7, 11) is 0. The minimum absolute atomic E-state index is 0.0676. The Balaban J connectivity index is 1.45. The summed E-state index contributed by atoms with van der Waals surface area (Å²) < 4.78 is 10.4. The van der Waals surface area contributed by atoms with E-state index in [-0.39, 0.29) is 24.7 Å². The summed E-state index contributed by atoms with van der Waals surface area (Å²) in [5.41, 5.74) is 2.70. The number of amides is 2. The largest absolute Gasteiger partial charge is 0.412 e. The lowest BCUT2D eigenvalue weighted by molar-refractivity contribution is 0.100. The fourth-order valence-electron chi connectivity index (χ4n) is 3.00. The quantitative estimate of drug-likeness (QED) is 0.473. The first-order valence-corrected chi connectivity index (χ1v) is 10.5. The highest BCUT2D eigenvalue weighted by Crippen LogP contribution is 2.14. The molecule has 0 unspecified atom stereocenters. The van der Waals surface area contributed by atoms with Gasteiger partial charge in [0.25, 0.3) is 0 Å². The first-order valence-electron chi connectivity index (χ1n) is 10.5. The lowest BCUT2D eigenvalue weighted by Gasteiger charge is -2.10. The second kappa shape index (κ2) is 11.4. The zero-order chi connectivity index (χ0) is 24.5. The fourth-order valence-corrected chi connectivity index (χ4v) is 3.00. The van der Waals surface area contributed by atoms with E-state index in [1.807, 2.05) is 24.3 Å². The molecule has 0 fully saturated rings. The number of carbonyl (C=O) groups is 4. The van der Waals surface area contributed by atoms with E-state index in [0.717, 1.165) is 11.1 Å². The third-order valence-corrected chi connectivity index (χ3v) is 4.81. The molecule has 0 aromatic heterocycles. The van der Waals surface area contributed by atoms with E-state index in [9.17, 15) is 19.2 Å². The maximum absolute atomic E-state index is 12.0. The van der Waals surface area contributed by atoms with E-state index in [4.69, 9.17) is 9.47 Å². The highest BCUT2D eigenvalue weighted by atomic mass is 16.6. The number of Topliss-reactive ketones (excluding diaryl/α,β-unsaturated/α-hetero) is 2. The molecule has 0 spiro atoms. The van der Waals surface area contributed by atoms with Gasteiger partial charge in [0.2, 0.25) is 0 Å². The van der Waals surface area contributed by atoms with Crippen molar-refractivity contribution in [2.75, 3.05) is 0 Å². The van der Waals surface area contributed by atoms with Crippen LogP contribution in [-0.2, 0) is 13.1 Å². The molecule has 3 aromatic rings. The van der Waals surface area contributed by atoms with Crippen LogP contribution in [0.5, 0.6) is 11.5 Å². The average Bonchev–Trinajstić information content (AvgIpc) is 2.82. The van der Waals surface area contributed by atoms with Gasteiger partial charge in [0.1, 0.15) is 11.5 Å². The van der Waals surface area contributed by atoms with Crippen LogP contribution in [-0.4, -0.2) is 23.8 Å². The molecule has 0 atom stereocenters. The Morgan fingerprint density at radius 1 is 0.618 bits per heavy atom. The van der Waals surface area contributed by atoms with Gasteiger partial charge in [-0.15, -0.1) is 0 Å². The first-order chi connectivity index (χ1) is 16.3. The van der Waals surface area contributed by atoms with Crippen molar-refractivity contribution in [2.24, 2.45) is 0 Å². The molecule has 0 saturated heterocycles. The first kappa shape index (κ1) is 24.2. The van der Waals surface area contributed by atoms with Gasteiger partial charge in [0, 0.05) is 24.2 Å². The number of ketones is 2. The third-order valence-electron chi connectivity index (χ3n) is 4.81. The van der Waals surface area contributed by atoms with Crippen molar-refractivity contribution in [1.29, 1.82) is 0 Å². The van der Waals surface area contributed by atoms with E-state index >= 15 is 0 Å².